The van der Waals surface area contributed by atoms with E-state index in [1.54, 1.807) is 0 Å². The maximum atomic E-state index is 10.4. The third-order valence-corrected chi connectivity index (χ3v) is 3.32. The highest BCUT2D eigenvalue weighted by Gasteiger charge is 2.56. The van der Waals surface area contributed by atoms with Crippen LogP contribution in [0.3, 0.4) is 0 Å². The van der Waals surface area contributed by atoms with Crippen molar-refractivity contribution >= 4 is 0 Å². The van der Waals surface area contributed by atoms with Crippen molar-refractivity contribution in [1.82, 2.24) is 5.32 Å². The first kappa shape index (κ1) is 11.8. The third kappa shape index (κ3) is 2.08. The van der Waals surface area contributed by atoms with E-state index in [1.165, 1.54) is 0 Å². The predicted octanol–water partition coefficient (Wildman–Crippen LogP) is -2.20. The van der Waals surface area contributed by atoms with Crippen molar-refractivity contribution in [2.75, 3.05) is 33.0 Å². The standard InChI is InChI=1S/C10H17NO6/c12-6-3-16-9-8(6)17-5-10(9,13)11-7-4-14-1-2-15-7/h6-9,11-13H,1-5H2/t6-,7?,8-,9+,10-/m1/s1. The van der Waals surface area contributed by atoms with Crippen molar-refractivity contribution in [3.8, 4) is 0 Å². The zero-order valence-corrected chi connectivity index (χ0v) is 9.37. The quantitative estimate of drug-likeness (QED) is 0.477. The van der Waals surface area contributed by atoms with Crippen molar-refractivity contribution in [3.63, 3.8) is 0 Å². The molecule has 5 atom stereocenters. The summed E-state index contributed by atoms with van der Waals surface area (Å²) in [6.45, 7) is 1.68. The number of fused-ring (bicyclic) bond motifs is 1. The monoisotopic (exact) mass is 247 g/mol. The molecule has 3 rings (SSSR count). The van der Waals surface area contributed by atoms with E-state index in [9.17, 15) is 10.2 Å². The molecule has 0 aromatic heterocycles. The minimum Gasteiger partial charge on any atom is -0.388 e. The van der Waals surface area contributed by atoms with Crippen LogP contribution in [0.4, 0.5) is 0 Å². The molecule has 3 N–H and O–H groups in total. The molecular weight excluding hydrogens is 230 g/mol. The predicted molar refractivity (Wildman–Crippen MR) is 54.1 cm³/mol. The molecule has 3 saturated heterocycles. The first-order valence-electron chi connectivity index (χ1n) is 5.80. The Morgan fingerprint density at radius 2 is 2.00 bits per heavy atom. The number of aliphatic hydroxyl groups is 2. The van der Waals surface area contributed by atoms with Crippen molar-refractivity contribution in [2.24, 2.45) is 0 Å². The second kappa shape index (κ2) is 4.43. The molecule has 0 radical (unpaired) electrons. The Hall–Kier alpha value is -0.280. The van der Waals surface area contributed by atoms with Crippen LogP contribution < -0.4 is 5.32 Å². The molecule has 3 aliphatic rings. The van der Waals surface area contributed by atoms with Gasteiger partial charge in [0.2, 0.25) is 0 Å². The molecule has 7 nitrogen and oxygen atoms in total. The summed E-state index contributed by atoms with van der Waals surface area (Å²) in [4.78, 5) is 0. The summed E-state index contributed by atoms with van der Waals surface area (Å²) in [6.07, 6.45) is -2.10. The molecule has 98 valence electrons. The van der Waals surface area contributed by atoms with Crippen LogP contribution >= 0.6 is 0 Å². The minimum absolute atomic E-state index is 0.0687. The molecule has 3 aliphatic heterocycles. The Morgan fingerprint density at radius 3 is 2.76 bits per heavy atom. The summed E-state index contributed by atoms with van der Waals surface area (Å²) in [6, 6.07) is 0. The topological polar surface area (TPSA) is 89.4 Å². The number of rotatable bonds is 2. The highest BCUT2D eigenvalue weighted by molar-refractivity contribution is 5.02. The zero-order chi connectivity index (χ0) is 11.9. The van der Waals surface area contributed by atoms with E-state index in [1.807, 2.05) is 0 Å². The lowest BCUT2D eigenvalue weighted by molar-refractivity contribution is -0.164. The Kier molecular flexibility index (Phi) is 3.07. The fraction of sp³-hybridized carbons (Fsp3) is 1.00. The van der Waals surface area contributed by atoms with E-state index in [0.29, 0.717) is 19.8 Å². The fourth-order valence-electron chi connectivity index (χ4n) is 2.48. The SMILES string of the molecule is O[C@@H]1CO[C@H]2[C@@H]1OC[C@]2(O)NC1COCCO1. The van der Waals surface area contributed by atoms with Gasteiger partial charge in [0.15, 0.2) is 5.72 Å². The van der Waals surface area contributed by atoms with Crippen molar-refractivity contribution in [2.45, 2.75) is 30.3 Å². The van der Waals surface area contributed by atoms with Gasteiger partial charge in [0.25, 0.3) is 0 Å². The molecule has 0 spiro atoms. The Bertz CT molecular complexity index is 284. The number of aliphatic hydroxyl groups excluding tert-OH is 1. The van der Waals surface area contributed by atoms with Crippen LogP contribution in [0.15, 0.2) is 0 Å². The van der Waals surface area contributed by atoms with Gasteiger partial charge >= 0.3 is 0 Å². The largest absolute Gasteiger partial charge is 0.388 e. The molecule has 3 fully saturated rings. The summed E-state index contributed by atoms with van der Waals surface area (Å²) in [5.41, 5.74) is -1.33. The minimum atomic E-state index is -1.33. The van der Waals surface area contributed by atoms with E-state index >= 15 is 0 Å². The van der Waals surface area contributed by atoms with Gasteiger partial charge in [-0.1, -0.05) is 0 Å². The Balaban J connectivity index is 1.65. The van der Waals surface area contributed by atoms with Crippen LogP contribution in [0.1, 0.15) is 0 Å². The summed E-state index contributed by atoms with van der Waals surface area (Å²) in [5.74, 6) is 0. The molecule has 3 heterocycles. The van der Waals surface area contributed by atoms with Crippen LogP contribution in [-0.4, -0.2) is 73.5 Å². The van der Waals surface area contributed by atoms with Gasteiger partial charge in [-0.05, 0) is 0 Å². The second-order valence-corrected chi connectivity index (χ2v) is 4.60. The van der Waals surface area contributed by atoms with Gasteiger partial charge in [0.05, 0.1) is 33.0 Å². The molecule has 0 aromatic rings. The second-order valence-electron chi connectivity index (χ2n) is 4.60. The zero-order valence-electron chi connectivity index (χ0n) is 9.37. The van der Waals surface area contributed by atoms with E-state index in [0.717, 1.165) is 0 Å². The van der Waals surface area contributed by atoms with Crippen molar-refractivity contribution in [1.29, 1.82) is 0 Å². The van der Waals surface area contributed by atoms with Gasteiger partial charge in [-0.25, -0.2) is 0 Å². The van der Waals surface area contributed by atoms with Gasteiger partial charge in [-0.15, -0.1) is 0 Å². The molecule has 17 heavy (non-hydrogen) atoms. The molecule has 7 heteroatoms. The van der Waals surface area contributed by atoms with Crippen LogP contribution in [0, 0.1) is 0 Å². The average Bonchev–Trinajstić information content (AvgIpc) is 2.84. The summed E-state index contributed by atoms with van der Waals surface area (Å²) >= 11 is 0. The van der Waals surface area contributed by atoms with E-state index in [4.69, 9.17) is 18.9 Å². The molecule has 0 aromatic carbocycles. The number of hydrogen-bond donors (Lipinski definition) is 3. The van der Waals surface area contributed by atoms with E-state index in [-0.39, 0.29) is 19.4 Å². The molecule has 0 bridgehead atoms. The lowest BCUT2D eigenvalue weighted by Crippen LogP contribution is -2.61. The van der Waals surface area contributed by atoms with E-state index in [2.05, 4.69) is 5.32 Å². The molecular formula is C10H17NO6. The van der Waals surface area contributed by atoms with Crippen molar-refractivity contribution in [3.05, 3.63) is 0 Å². The third-order valence-electron chi connectivity index (χ3n) is 3.32. The molecule has 0 saturated carbocycles. The number of nitrogens with one attached hydrogen (secondary N) is 1. The maximum Gasteiger partial charge on any atom is 0.170 e. The van der Waals surface area contributed by atoms with Gasteiger partial charge in [-0.2, -0.15) is 0 Å². The van der Waals surface area contributed by atoms with Crippen molar-refractivity contribution < 1.29 is 29.2 Å². The van der Waals surface area contributed by atoms with Gasteiger partial charge in [-0.3, -0.25) is 5.32 Å². The lowest BCUT2D eigenvalue weighted by atomic mass is 10.0. The molecule has 0 aliphatic carbocycles. The molecule has 0 amide bonds. The highest BCUT2D eigenvalue weighted by atomic mass is 16.6. The van der Waals surface area contributed by atoms with Gasteiger partial charge in [0.1, 0.15) is 24.5 Å². The van der Waals surface area contributed by atoms with Crippen LogP contribution in [0.2, 0.25) is 0 Å². The average molecular weight is 247 g/mol. The van der Waals surface area contributed by atoms with Crippen LogP contribution in [-0.2, 0) is 18.9 Å². The fourth-order valence-corrected chi connectivity index (χ4v) is 2.48. The highest BCUT2D eigenvalue weighted by Crippen LogP contribution is 2.33. The Labute approximate surface area is 98.6 Å². The molecule has 1 unspecified atom stereocenters. The summed E-state index contributed by atoms with van der Waals surface area (Å²) < 4.78 is 21.4. The number of hydrogen-bond acceptors (Lipinski definition) is 7. The normalized spacial score (nSPS) is 50.5. The van der Waals surface area contributed by atoms with Crippen LogP contribution in [0.5, 0.6) is 0 Å². The van der Waals surface area contributed by atoms with Crippen LogP contribution in [0.25, 0.3) is 0 Å². The summed E-state index contributed by atoms with van der Waals surface area (Å²) in [5, 5.41) is 22.9. The lowest BCUT2D eigenvalue weighted by Gasteiger charge is -2.34. The maximum absolute atomic E-state index is 10.4. The van der Waals surface area contributed by atoms with Gasteiger partial charge < -0.3 is 29.2 Å². The van der Waals surface area contributed by atoms with E-state index < -0.39 is 24.0 Å². The smallest absolute Gasteiger partial charge is 0.170 e. The summed E-state index contributed by atoms with van der Waals surface area (Å²) in [7, 11) is 0. The first-order chi connectivity index (χ1) is 8.19. The first-order valence-corrected chi connectivity index (χ1v) is 5.80. The number of ether oxygens (including phenoxy) is 4. The van der Waals surface area contributed by atoms with Gasteiger partial charge in [0, 0.05) is 0 Å². The Morgan fingerprint density at radius 1 is 1.12 bits per heavy atom.